The first kappa shape index (κ1) is 15.7. The molecule has 0 bridgehead atoms. The molecule has 1 N–H and O–H groups in total. The van der Waals surface area contributed by atoms with Crippen LogP contribution in [0.1, 0.15) is 51.7 Å². The SMILES string of the molecule is CC1=CC(C)=C(CC(C)(C)c2cc3ccccc3cc2C=N)C1. The number of rotatable bonds is 4. The third-order valence-corrected chi connectivity index (χ3v) is 4.97. The summed E-state index contributed by atoms with van der Waals surface area (Å²) < 4.78 is 0. The Morgan fingerprint density at radius 2 is 1.74 bits per heavy atom. The van der Waals surface area contributed by atoms with Gasteiger partial charge in [0.25, 0.3) is 0 Å². The number of benzene rings is 2. The summed E-state index contributed by atoms with van der Waals surface area (Å²) in [6.07, 6.45) is 5.96. The Kier molecular flexibility index (Phi) is 3.97. The van der Waals surface area contributed by atoms with Gasteiger partial charge in [-0.15, -0.1) is 0 Å². The van der Waals surface area contributed by atoms with E-state index in [1.807, 2.05) is 0 Å². The maximum Gasteiger partial charge on any atom is 0.0253 e. The van der Waals surface area contributed by atoms with Gasteiger partial charge >= 0.3 is 0 Å². The predicted octanol–water partition coefficient (Wildman–Crippen LogP) is 6.17. The van der Waals surface area contributed by atoms with Crippen LogP contribution < -0.4 is 0 Å². The summed E-state index contributed by atoms with van der Waals surface area (Å²) in [4.78, 5) is 0. The van der Waals surface area contributed by atoms with Crippen LogP contribution in [0.5, 0.6) is 0 Å². The van der Waals surface area contributed by atoms with Crippen LogP contribution in [0, 0.1) is 5.41 Å². The molecule has 0 saturated carbocycles. The molecule has 0 aliphatic heterocycles. The van der Waals surface area contributed by atoms with Crippen molar-refractivity contribution in [1.29, 1.82) is 5.41 Å². The van der Waals surface area contributed by atoms with E-state index in [0.717, 1.165) is 18.4 Å². The second kappa shape index (κ2) is 5.81. The van der Waals surface area contributed by atoms with E-state index in [1.165, 1.54) is 39.3 Å². The first-order valence-electron chi connectivity index (χ1n) is 8.30. The van der Waals surface area contributed by atoms with Crippen molar-refractivity contribution >= 4 is 17.0 Å². The van der Waals surface area contributed by atoms with Crippen molar-refractivity contribution in [2.45, 2.75) is 46.0 Å². The van der Waals surface area contributed by atoms with Gasteiger partial charge in [-0.2, -0.15) is 0 Å². The smallest absolute Gasteiger partial charge is 0.0253 e. The molecule has 23 heavy (non-hydrogen) atoms. The topological polar surface area (TPSA) is 23.9 Å². The molecule has 0 amide bonds. The molecule has 0 saturated heterocycles. The van der Waals surface area contributed by atoms with Crippen molar-refractivity contribution in [1.82, 2.24) is 0 Å². The minimum atomic E-state index is 0.0198. The Morgan fingerprint density at radius 3 is 2.30 bits per heavy atom. The fraction of sp³-hybridized carbons (Fsp3) is 0.318. The number of hydrogen-bond acceptors (Lipinski definition) is 1. The molecule has 1 aliphatic rings. The van der Waals surface area contributed by atoms with Crippen LogP contribution in [0.4, 0.5) is 0 Å². The third kappa shape index (κ3) is 3.01. The molecule has 1 aliphatic carbocycles. The highest BCUT2D eigenvalue weighted by Gasteiger charge is 2.27. The predicted molar refractivity (Wildman–Crippen MR) is 101 cm³/mol. The Hall–Kier alpha value is -2.15. The minimum Gasteiger partial charge on any atom is -0.308 e. The van der Waals surface area contributed by atoms with Crippen LogP contribution in [-0.2, 0) is 5.41 Å². The zero-order valence-electron chi connectivity index (χ0n) is 14.5. The number of nitrogens with one attached hydrogen (secondary N) is 1. The van der Waals surface area contributed by atoms with Crippen molar-refractivity contribution in [3.05, 3.63) is 70.3 Å². The van der Waals surface area contributed by atoms with Gasteiger partial charge in [0.1, 0.15) is 0 Å². The van der Waals surface area contributed by atoms with Crippen LogP contribution in [0.3, 0.4) is 0 Å². The van der Waals surface area contributed by atoms with E-state index in [-0.39, 0.29) is 5.41 Å². The molecular weight excluding hydrogens is 278 g/mol. The number of fused-ring (bicyclic) bond motifs is 1. The molecule has 0 unspecified atom stereocenters. The lowest BCUT2D eigenvalue weighted by Gasteiger charge is -2.29. The lowest BCUT2D eigenvalue weighted by Crippen LogP contribution is -2.20. The third-order valence-electron chi connectivity index (χ3n) is 4.97. The number of allylic oxidation sites excluding steroid dienone is 4. The summed E-state index contributed by atoms with van der Waals surface area (Å²) in [5, 5.41) is 10.3. The molecule has 0 fully saturated rings. The van der Waals surface area contributed by atoms with Gasteiger partial charge in [-0.25, -0.2) is 0 Å². The van der Waals surface area contributed by atoms with Gasteiger partial charge in [0.05, 0.1) is 0 Å². The van der Waals surface area contributed by atoms with Crippen molar-refractivity contribution in [2.24, 2.45) is 0 Å². The summed E-state index contributed by atoms with van der Waals surface area (Å²) in [6, 6.07) is 12.9. The fourth-order valence-electron chi connectivity index (χ4n) is 3.79. The highest BCUT2D eigenvalue weighted by Crippen LogP contribution is 2.39. The summed E-state index contributed by atoms with van der Waals surface area (Å²) in [6.45, 7) is 9.04. The van der Waals surface area contributed by atoms with Gasteiger partial charge in [0.15, 0.2) is 0 Å². The largest absolute Gasteiger partial charge is 0.308 e. The van der Waals surface area contributed by atoms with Gasteiger partial charge in [-0.3, -0.25) is 0 Å². The van der Waals surface area contributed by atoms with Crippen molar-refractivity contribution in [3.63, 3.8) is 0 Å². The average molecular weight is 303 g/mol. The zero-order valence-corrected chi connectivity index (χ0v) is 14.5. The van der Waals surface area contributed by atoms with E-state index >= 15 is 0 Å². The standard InChI is InChI=1S/C22H25N/c1-15-9-16(2)19(10-15)13-22(3,4)21-12-18-8-6-5-7-17(18)11-20(21)14-23/h5-9,11-12,14,23H,10,13H2,1-4H3. The van der Waals surface area contributed by atoms with Gasteiger partial charge in [-0.1, -0.05) is 60.9 Å². The zero-order chi connectivity index (χ0) is 16.6. The van der Waals surface area contributed by atoms with Crippen molar-refractivity contribution in [2.75, 3.05) is 0 Å². The monoisotopic (exact) mass is 303 g/mol. The Bertz CT molecular complexity index is 834. The van der Waals surface area contributed by atoms with Crippen LogP contribution in [0.2, 0.25) is 0 Å². The maximum absolute atomic E-state index is 7.85. The summed E-state index contributed by atoms with van der Waals surface area (Å²) in [5.74, 6) is 0. The Labute approximate surface area is 139 Å². The van der Waals surface area contributed by atoms with E-state index in [2.05, 4.69) is 70.2 Å². The first-order valence-corrected chi connectivity index (χ1v) is 8.30. The molecule has 0 atom stereocenters. The molecule has 0 heterocycles. The van der Waals surface area contributed by atoms with Gasteiger partial charge in [0, 0.05) is 6.21 Å². The lowest BCUT2D eigenvalue weighted by molar-refractivity contribution is 0.514. The molecule has 0 radical (unpaired) electrons. The van der Waals surface area contributed by atoms with Crippen LogP contribution in [0.25, 0.3) is 10.8 Å². The highest BCUT2D eigenvalue weighted by molar-refractivity contribution is 5.92. The molecule has 3 rings (SSSR count). The summed E-state index contributed by atoms with van der Waals surface area (Å²) in [7, 11) is 0. The van der Waals surface area contributed by atoms with Crippen LogP contribution in [0.15, 0.2) is 59.2 Å². The maximum atomic E-state index is 7.85. The minimum absolute atomic E-state index is 0.0198. The highest BCUT2D eigenvalue weighted by atomic mass is 14.4. The quantitative estimate of drug-likeness (QED) is 0.653. The van der Waals surface area contributed by atoms with Crippen molar-refractivity contribution in [3.8, 4) is 0 Å². The second-order valence-electron chi connectivity index (χ2n) is 7.45. The molecule has 118 valence electrons. The first-order chi connectivity index (χ1) is 10.9. The summed E-state index contributed by atoms with van der Waals surface area (Å²) >= 11 is 0. The molecule has 2 aromatic carbocycles. The second-order valence-corrected chi connectivity index (χ2v) is 7.45. The molecule has 1 heteroatoms. The fourth-order valence-corrected chi connectivity index (χ4v) is 3.79. The van der Waals surface area contributed by atoms with Gasteiger partial charge in [0.2, 0.25) is 0 Å². The van der Waals surface area contributed by atoms with E-state index in [9.17, 15) is 0 Å². The lowest BCUT2D eigenvalue weighted by atomic mass is 9.75. The molecule has 2 aromatic rings. The van der Waals surface area contributed by atoms with Crippen LogP contribution in [-0.4, -0.2) is 6.21 Å². The van der Waals surface area contributed by atoms with Gasteiger partial charge in [-0.05, 0) is 66.1 Å². The Balaban J connectivity index is 2.04. The summed E-state index contributed by atoms with van der Waals surface area (Å²) in [5.41, 5.74) is 6.75. The molecule has 0 aromatic heterocycles. The molecule has 1 nitrogen and oxygen atoms in total. The molecule has 0 spiro atoms. The van der Waals surface area contributed by atoms with E-state index in [4.69, 9.17) is 5.41 Å². The van der Waals surface area contributed by atoms with Gasteiger partial charge < -0.3 is 5.41 Å². The van der Waals surface area contributed by atoms with E-state index in [0.29, 0.717) is 0 Å². The molecular formula is C22H25N. The number of hydrogen-bond donors (Lipinski definition) is 1. The average Bonchev–Trinajstić information content (AvgIpc) is 2.82. The van der Waals surface area contributed by atoms with Crippen molar-refractivity contribution < 1.29 is 0 Å². The Morgan fingerprint density at radius 1 is 1.09 bits per heavy atom. The normalized spacial score (nSPS) is 15.2. The van der Waals surface area contributed by atoms with Crippen LogP contribution >= 0.6 is 0 Å². The van der Waals surface area contributed by atoms with E-state index in [1.54, 1.807) is 0 Å². The van der Waals surface area contributed by atoms with E-state index < -0.39 is 0 Å².